The van der Waals surface area contributed by atoms with Gasteiger partial charge in [-0.1, -0.05) is 12.1 Å². The van der Waals surface area contributed by atoms with Gasteiger partial charge >= 0.3 is 0 Å². The van der Waals surface area contributed by atoms with Gasteiger partial charge in [-0.2, -0.15) is 0 Å². The van der Waals surface area contributed by atoms with Crippen molar-refractivity contribution in [3.63, 3.8) is 0 Å². The van der Waals surface area contributed by atoms with Crippen LogP contribution in [0.25, 0.3) is 0 Å². The maximum atomic E-state index is 12.9. The molecule has 3 aromatic heterocycles. The first-order valence-electron chi connectivity index (χ1n) is 10.7. The van der Waals surface area contributed by atoms with Gasteiger partial charge in [0.2, 0.25) is 0 Å². The molecule has 1 N–H and O–H groups in total. The van der Waals surface area contributed by atoms with Gasteiger partial charge in [-0.15, -0.1) is 11.3 Å². The Hall–Kier alpha value is -2.84. The van der Waals surface area contributed by atoms with Gasteiger partial charge in [0, 0.05) is 56.1 Å². The molecular formula is C23H25N5O2S. The maximum absolute atomic E-state index is 12.9. The van der Waals surface area contributed by atoms with Crippen LogP contribution < -0.4 is 5.56 Å². The molecule has 8 heteroatoms. The van der Waals surface area contributed by atoms with Gasteiger partial charge in [0.1, 0.15) is 11.5 Å². The zero-order chi connectivity index (χ0) is 21.2. The Labute approximate surface area is 184 Å². The van der Waals surface area contributed by atoms with Gasteiger partial charge in [0.25, 0.3) is 11.5 Å². The maximum Gasteiger partial charge on any atom is 0.272 e. The number of aromatic amines is 1. The predicted molar refractivity (Wildman–Crippen MR) is 119 cm³/mol. The number of fused-ring (bicyclic) bond motifs is 1. The molecule has 0 saturated carbocycles. The molecule has 160 valence electrons. The van der Waals surface area contributed by atoms with Gasteiger partial charge < -0.3 is 9.88 Å². The van der Waals surface area contributed by atoms with E-state index in [4.69, 9.17) is 4.98 Å². The summed E-state index contributed by atoms with van der Waals surface area (Å²) in [5.41, 5.74) is 2.11. The van der Waals surface area contributed by atoms with E-state index in [1.807, 2.05) is 11.0 Å². The fraction of sp³-hybridized carbons (Fsp3) is 0.391. The molecule has 1 fully saturated rings. The van der Waals surface area contributed by atoms with Gasteiger partial charge in [0.05, 0.1) is 11.3 Å². The Bertz CT molecular complexity index is 1110. The second kappa shape index (κ2) is 8.72. The number of hydrogen-bond donors (Lipinski definition) is 1. The summed E-state index contributed by atoms with van der Waals surface area (Å²) in [5, 5.41) is 2.08. The fourth-order valence-corrected chi connectivity index (χ4v) is 5.23. The molecule has 0 aliphatic carbocycles. The molecule has 5 heterocycles. The third kappa shape index (κ3) is 4.31. The van der Waals surface area contributed by atoms with Crippen LogP contribution in [0, 0.1) is 0 Å². The number of rotatable bonds is 4. The summed E-state index contributed by atoms with van der Waals surface area (Å²) >= 11 is 1.74. The van der Waals surface area contributed by atoms with Crippen LogP contribution in [0.5, 0.6) is 0 Å². The number of carbonyl (C=O) groups is 1. The van der Waals surface area contributed by atoms with Gasteiger partial charge in [0.15, 0.2) is 0 Å². The number of nitrogens with one attached hydrogen (secondary N) is 1. The van der Waals surface area contributed by atoms with Crippen molar-refractivity contribution < 1.29 is 4.79 Å². The summed E-state index contributed by atoms with van der Waals surface area (Å²) < 4.78 is 0. The molecule has 1 amide bonds. The molecule has 0 aromatic carbocycles. The highest BCUT2D eigenvalue weighted by Crippen LogP contribution is 2.26. The van der Waals surface area contributed by atoms with Crippen LogP contribution in [0.2, 0.25) is 0 Å². The van der Waals surface area contributed by atoms with Crippen molar-refractivity contribution in [2.75, 3.05) is 19.6 Å². The van der Waals surface area contributed by atoms with Crippen molar-refractivity contribution in [1.29, 1.82) is 0 Å². The lowest BCUT2D eigenvalue weighted by Gasteiger charge is -2.33. The average Bonchev–Trinajstić information content (AvgIpc) is 3.32. The Morgan fingerprint density at radius 2 is 2.16 bits per heavy atom. The Balaban J connectivity index is 1.32. The number of piperidine rings is 1. The number of pyridine rings is 1. The zero-order valence-electron chi connectivity index (χ0n) is 17.3. The lowest BCUT2D eigenvalue weighted by molar-refractivity contribution is 0.0698. The van der Waals surface area contributed by atoms with E-state index in [1.165, 1.54) is 4.88 Å². The summed E-state index contributed by atoms with van der Waals surface area (Å²) in [7, 11) is 0. The van der Waals surface area contributed by atoms with Crippen LogP contribution in [0.1, 0.15) is 51.2 Å². The lowest BCUT2D eigenvalue weighted by Crippen LogP contribution is -2.41. The van der Waals surface area contributed by atoms with E-state index in [0.717, 1.165) is 43.6 Å². The molecule has 1 saturated heterocycles. The number of H-pyrrole nitrogens is 1. The van der Waals surface area contributed by atoms with Gasteiger partial charge in [-0.25, -0.2) is 4.98 Å². The number of nitrogens with zero attached hydrogens (tertiary/aromatic N) is 4. The number of thiophene rings is 1. The van der Waals surface area contributed by atoms with E-state index < -0.39 is 0 Å². The zero-order valence-corrected chi connectivity index (χ0v) is 18.1. The first-order chi connectivity index (χ1) is 15.2. The molecule has 2 aliphatic heterocycles. The molecule has 1 atom stereocenters. The molecular weight excluding hydrogens is 410 g/mol. The first kappa shape index (κ1) is 20.1. The van der Waals surface area contributed by atoms with E-state index in [0.29, 0.717) is 31.2 Å². The van der Waals surface area contributed by atoms with Crippen LogP contribution in [-0.2, 0) is 19.5 Å². The SMILES string of the molecule is O=C(c1ccccn1)N1CCC[C@@H](c2nc3c(c(=O)[nH]2)CN(Cc2cccs2)CC3)C1. The monoisotopic (exact) mass is 435 g/mol. The largest absolute Gasteiger partial charge is 0.337 e. The summed E-state index contributed by atoms with van der Waals surface area (Å²) in [5.74, 6) is 0.701. The quantitative estimate of drug-likeness (QED) is 0.682. The minimum Gasteiger partial charge on any atom is -0.337 e. The van der Waals surface area contributed by atoms with Crippen molar-refractivity contribution in [3.05, 3.63) is 79.9 Å². The van der Waals surface area contributed by atoms with E-state index >= 15 is 0 Å². The highest BCUT2D eigenvalue weighted by Gasteiger charge is 2.29. The summed E-state index contributed by atoms with van der Waals surface area (Å²) in [4.78, 5) is 43.2. The highest BCUT2D eigenvalue weighted by atomic mass is 32.1. The van der Waals surface area contributed by atoms with Gasteiger partial charge in [-0.3, -0.25) is 19.5 Å². The standard InChI is InChI=1S/C23H25N5O2S/c29-22-18-15-27(14-17-6-4-12-31-17)11-8-19(18)25-21(26-22)16-5-3-10-28(13-16)23(30)20-7-1-2-9-24-20/h1-2,4,6-7,9,12,16H,3,5,8,10-11,13-15H2,(H,25,26,29)/t16-/m1/s1. The van der Waals surface area contributed by atoms with E-state index in [-0.39, 0.29) is 17.4 Å². The Kier molecular flexibility index (Phi) is 5.65. The lowest BCUT2D eigenvalue weighted by atomic mass is 9.96. The van der Waals surface area contributed by atoms with Crippen molar-refractivity contribution in [2.24, 2.45) is 0 Å². The molecule has 7 nitrogen and oxygen atoms in total. The third-order valence-electron chi connectivity index (χ3n) is 6.10. The Morgan fingerprint density at radius 1 is 1.23 bits per heavy atom. The normalized spacial score (nSPS) is 19.2. The molecule has 0 bridgehead atoms. The van der Waals surface area contributed by atoms with Crippen LogP contribution in [0.15, 0.2) is 46.7 Å². The highest BCUT2D eigenvalue weighted by molar-refractivity contribution is 7.09. The van der Waals surface area contributed by atoms with Crippen molar-refractivity contribution in [2.45, 2.75) is 38.3 Å². The summed E-state index contributed by atoms with van der Waals surface area (Å²) in [6.45, 7) is 3.66. The summed E-state index contributed by atoms with van der Waals surface area (Å²) in [6.07, 6.45) is 4.22. The van der Waals surface area contributed by atoms with Crippen molar-refractivity contribution in [1.82, 2.24) is 24.8 Å². The predicted octanol–water partition coefficient (Wildman–Crippen LogP) is 2.80. The van der Waals surface area contributed by atoms with Crippen LogP contribution in [0.4, 0.5) is 0 Å². The third-order valence-corrected chi connectivity index (χ3v) is 6.97. The van der Waals surface area contributed by atoms with Crippen LogP contribution in [0.3, 0.4) is 0 Å². The second-order valence-corrected chi connectivity index (χ2v) is 9.25. The van der Waals surface area contributed by atoms with Crippen LogP contribution in [-0.4, -0.2) is 50.3 Å². The van der Waals surface area contributed by atoms with Crippen molar-refractivity contribution in [3.8, 4) is 0 Å². The molecule has 0 spiro atoms. The number of aromatic nitrogens is 3. The van der Waals surface area contributed by atoms with E-state index in [2.05, 4.69) is 32.4 Å². The molecule has 2 aliphatic rings. The number of carbonyl (C=O) groups excluding carboxylic acids is 1. The van der Waals surface area contributed by atoms with E-state index in [1.54, 1.807) is 29.7 Å². The van der Waals surface area contributed by atoms with Crippen molar-refractivity contribution >= 4 is 17.2 Å². The molecule has 0 unspecified atom stereocenters. The smallest absolute Gasteiger partial charge is 0.272 e. The molecule has 5 rings (SSSR count). The second-order valence-electron chi connectivity index (χ2n) is 8.22. The molecule has 31 heavy (non-hydrogen) atoms. The molecule has 0 radical (unpaired) electrons. The fourth-order valence-electron chi connectivity index (χ4n) is 4.49. The van der Waals surface area contributed by atoms with Crippen LogP contribution >= 0.6 is 11.3 Å². The molecule has 3 aromatic rings. The minimum absolute atomic E-state index is 0.0379. The number of likely N-dealkylation sites (tertiary alicyclic amines) is 1. The topological polar surface area (TPSA) is 82.2 Å². The summed E-state index contributed by atoms with van der Waals surface area (Å²) in [6, 6.07) is 9.56. The number of hydrogen-bond acceptors (Lipinski definition) is 6. The van der Waals surface area contributed by atoms with E-state index in [9.17, 15) is 9.59 Å². The Morgan fingerprint density at radius 3 is 2.97 bits per heavy atom. The minimum atomic E-state index is -0.0603. The average molecular weight is 436 g/mol. The number of amides is 1. The first-order valence-corrected chi connectivity index (χ1v) is 11.6. The van der Waals surface area contributed by atoms with Gasteiger partial charge in [-0.05, 0) is 36.4 Å².